The topological polar surface area (TPSA) is 64.6 Å². The van der Waals surface area contributed by atoms with Gasteiger partial charge in [-0.3, -0.25) is 4.79 Å². The van der Waals surface area contributed by atoms with Crippen LogP contribution in [0.15, 0.2) is 42.5 Å². The van der Waals surface area contributed by atoms with Crippen molar-refractivity contribution in [2.24, 2.45) is 0 Å². The molecule has 0 aliphatic carbocycles. The summed E-state index contributed by atoms with van der Waals surface area (Å²) in [6.45, 7) is 3.46. The summed E-state index contributed by atoms with van der Waals surface area (Å²) in [7, 11) is 0. The summed E-state index contributed by atoms with van der Waals surface area (Å²) in [5.74, 6) is -1.02. The zero-order valence-electron chi connectivity index (χ0n) is 13.7. The van der Waals surface area contributed by atoms with Gasteiger partial charge in [0.1, 0.15) is 11.6 Å². The molecule has 2 aromatic rings. The predicted octanol–water partition coefficient (Wildman–Crippen LogP) is 4.06. The van der Waals surface area contributed by atoms with Crippen LogP contribution in [0.4, 0.5) is 10.1 Å². The Hall–Kier alpha value is -2.60. The minimum atomic E-state index is -0.827. The van der Waals surface area contributed by atoms with E-state index in [1.165, 1.54) is 36.4 Å². The summed E-state index contributed by atoms with van der Waals surface area (Å²) in [6.07, 6.45) is -0.827. The molecule has 0 fully saturated rings. The number of hydrogen-bond acceptors (Lipinski definition) is 4. The molecule has 0 heterocycles. The lowest BCUT2D eigenvalue weighted by Crippen LogP contribution is -2.30. The van der Waals surface area contributed by atoms with Crippen LogP contribution in [-0.4, -0.2) is 24.6 Å². The van der Waals surface area contributed by atoms with Crippen molar-refractivity contribution in [1.29, 1.82) is 0 Å². The minimum absolute atomic E-state index is 0.161. The van der Waals surface area contributed by atoms with Gasteiger partial charge in [0.25, 0.3) is 5.91 Å². The van der Waals surface area contributed by atoms with Crippen LogP contribution >= 0.6 is 11.6 Å². The average Bonchev–Trinajstić information content (AvgIpc) is 2.58. The van der Waals surface area contributed by atoms with Gasteiger partial charge in [-0.05, 0) is 56.3 Å². The Bertz CT molecular complexity index is 764. The van der Waals surface area contributed by atoms with Crippen LogP contribution in [0.3, 0.4) is 0 Å². The maximum atomic E-state index is 12.9. The largest absolute Gasteiger partial charge is 0.481 e. The molecule has 1 unspecified atom stereocenters. The first-order chi connectivity index (χ1) is 11.9. The van der Waals surface area contributed by atoms with Gasteiger partial charge in [0, 0.05) is 5.69 Å². The number of nitrogens with one attached hydrogen (secondary N) is 1. The Balaban J connectivity index is 2.05. The van der Waals surface area contributed by atoms with E-state index in [0.717, 1.165) is 0 Å². The van der Waals surface area contributed by atoms with Gasteiger partial charge in [-0.15, -0.1) is 0 Å². The van der Waals surface area contributed by atoms with Gasteiger partial charge in [0.05, 0.1) is 17.2 Å². The van der Waals surface area contributed by atoms with E-state index in [1.807, 2.05) is 0 Å². The van der Waals surface area contributed by atoms with Gasteiger partial charge in [-0.1, -0.05) is 11.6 Å². The van der Waals surface area contributed by atoms with Crippen molar-refractivity contribution >= 4 is 29.2 Å². The normalized spacial score (nSPS) is 11.5. The molecular formula is C18H17ClFNO4. The van der Waals surface area contributed by atoms with Gasteiger partial charge in [-0.25, -0.2) is 9.18 Å². The van der Waals surface area contributed by atoms with Crippen molar-refractivity contribution in [1.82, 2.24) is 0 Å². The second-order valence-electron chi connectivity index (χ2n) is 5.12. The average molecular weight is 366 g/mol. The summed E-state index contributed by atoms with van der Waals surface area (Å²) in [4.78, 5) is 24.0. The molecule has 0 aliphatic rings. The maximum Gasteiger partial charge on any atom is 0.339 e. The number of carbonyl (C=O) groups is 2. The van der Waals surface area contributed by atoms with E-state index >= 15 is 0 Å². The molecular weight excluding hydrogens is 349 g/mol. The smallest absolute Gasteiger partial charge is 0.339 e. The first-order valence-electron chi connectivity index (χ1n) is 7.60. The van der Waals surface area contributed by atoms with Gasteiger partial charge in [0.15, 0.2) is 6.10 Å². The number of carbonyl (C=O) groups excluding carboxylic acids is 2. The van der Waals surface area contributed by atoms with E-state index < -0.39 is 23.8 Å². The van der Waals surface area contributed by atoms with Gasteiger partial charge in [0.2, 0.25) is 0 Å². The summed E-state index contributed by atoms with van der Waals surface area (Å²) in [5.41, 5.74) is 0.542. The molecule has 1 N–H and O–H groups in total. The van der Waals surface area contributed by atoms with E-state index in [-0.39, 0.29) is 17.2 Å². The first kappa shape index (κ1) is 18.7. The molecule has 25 heavy (non-hydrogen) atoms. The highest BCUT2D eigenvalue weighted by molar-refractivity contribution is 6.33. The molecule has 5 nitrogen and oxygen atoms in total. The molecule has 0 saturated heterocycles. The van der Waals surface area contributed by atoms with Crippen LogP contribution in [0.5, 0.6) is 5.75 Å². The molecule has 1 atom stereocenters. The Labute approximate surface area is 149 Å². The highest BCUT2D eigenvalue weighted by Gasteiger charge is 2.17. The lowest BCUT2D eigenvalue weighted by molar-refractivity contribution is -0.122. The van der Waals surface area contributed by atoms with Crippen molar-refractivity contribution in [2.75, 3.05) is 11.9 Å². The van der Waals surface area contributed by atoms with Gasteiger partial charge in [-0.2, -0.15) is 0 Å². The van der Waals surface area contributed by atoms with Crippen LogP contribution in [-0.2, 0) is 9.53 Å². The Morgan fingerprint density at radius 3 is 2.52 bits per heavy atom. The van der Waals surface area contributed by atoms with E-state index in [0.29, 0.717) is 11.4 Å². The maximum absolute atomic E-state index is 12.9. The summed E-state index contributed by atoms with van der Waals surface area (Å²) >= 11 is 5.98. The highest BCUT2D eigenvalue weighted by Crippen LogP contribution is 2.22. The van der Waals surface area contributed by atoms with E-state index in [2.05, 4.69) is 5.32 Å². The standard InChI is InChI=1S/C18H17ClFNO4/c1-3-24-18(23)15-10-13(6-9-16(15)19)21-17(22)11(2)25-14-7-4-12(20)5-8-14/h4-11H,3H2,1-2H3,(H,21,22). The third-order valence-electron chi connectivity index (χ3n) is 3.22. The zero-order chi connectivity index (χ0) is 18.4. The fraction of sp³-hybridized carbons (Fsp3) is 0.222. The number of rotatable bonds is 6. The van der Waals surface area contributed by atoms with E-state index in [9.17, 15) is 14.0 Å². The van der Waals surface area contributed by atoms with Crippen LogP contribution in [0.1, 0.15) is 24.2 Å². The molecule has 0 aliphatic heterocycles. The SMILES string of the molecule is CCOC(=O)c1cc(NC(=O)C(C)Oc2ccc(F)cc2)ccc1Cl. The van der Waals surface area contributed by atoms with Gasteiger partial charge < -0.3 is 14.8 Å². The number of esters is 1. The number of ether oxygens (including phenoxy) is 2. The minimum Gasteiger partial charge on any atom is -0.481 e. The highest BCUT2D eigenvalue weighted by atomic mass is 35.5. The molecule has 7 heteroatoms. The Morgan fingerprint density at radius 1 is 1.20 bits per heavy atom. The molecule has 0 spiro atoms. The summed E-state index contributed by atoms with van der Waals surface area (Å²) in [6, 6.07) is 9.83. The van der Waals surface area contributed by atoms with E-state index in [4.69, 9.17) is 21.1 Å². The zero-order valence-corrected chi connectivity index (χ0v) is 14.5. The van der Waals surface area contributed by atoms with Crippen molar-refractivity contribution in [3.05, 3.63) is 58.9 Å². The predicted molar refractivity (Wildman–Crippen MR) is 92.5 cm³/mol. The van der Waals surface area contributed by atoms with Crippen molar-refractivity contribution in [2.45, 2.75) is 20.0 Å². The number of halogens is 2. The molecule has 0 bridgehead atoms. The van der Waals surface area contributed by atoms with Crippen molar-refractivity contribution in [3.8, 4) is 5.75 Å². The Morgan fingerprint density at radius 2 is 1.88 bits per heavy atom. The quantitative estimate of drug-likeness (QED) is 0.784. The first-order valence-corrected chi connectivity index (χ1v) is 7.98. The molecule has 2 aromatic carbocycles. The van der Waals surface area contributed by atoms with Crippen LogP contribution in [0.2, 0.25) is 5.02 Å². The van der Waals surface area contributed by atoms with Crippen LogP contribution in [0, 0.1) is 5.82 Å². The molecule has 132 valence electrons. The number of benzene rings is 2. The molecule has 0 radical (unpaired) electrons. The van der Waals surface area contributed by atoms with Crippen LogP contribution < -0.4 is 10.1 Å². The number of hydrogen-bond donors (Lipinski definition) is 1. The number of amides is 1. The Kier molecular flexibility index (Phi) is 6.36. The van der Waals surface area contributed by atoms with Crippen LogP contribution in [0.25, 0.3) is 0 Å². The number of anilines is 1. The van der Waals surface area contributed by atoms with Gasteiger partial charge >= 0.3 is 5.97 Å². The molecule has 0 saturated carbocycles. The summed E-state index contributed by atoms with van der Waals surface area (Å²) in [5, 5.41) is 2.86. The van der Waals surface area contributed by atoms with Crippen molar-refractivity contribution < 1.29 is 23.5 Å². The molecule has 2 rings (SSSR count). The second kappa shape index (κ2) is 8.48. The van der Waals surface area contributed by atoms with Crippen molar-refractivity contribution in [3.63, 3.8) is 0 Å². The second-order valence-corrected chi connectivity index (χ2v) is 5.53. The summed E-state index contributed by atoms with van der Waals surface area (Å²) < 4.78 is 23.2. The fourth-order valence-electron chi connectivity index (χ4n) is 1.98. The van der Waals surface area contributed by atoms with E-state index in [1.54, 1.807) is 19.9 Å². The lowest BCUT2D eigenvalue weighted by Gasteiger charge is -2.15. The third-order valence-corrected chi connectivity index (χ3v) is 3.55. The third kappa shape index (κ3) is 5.19. The lowest BCUT2D eigenvalue weighted by atomic mass is 10.2. The molecule has 0 aromatic heterocycles. The fourth-order valence-corrected chi connectivity index (χ4v) is 2.18. The molecule has 1 amide bonds. The monoisotopic (exact) mass is 365 g/mol.